The Hall–Kier alpha value is -0.410. The number of nitrogens with zero attached hydrogens (tertiary/aromatic N) is 1. The van der Waals surface area contributed by atoms with Crippen LogP contribution in [0.1, 0.15) is 24.2 Å². The van der Waals surface area contributed by atoms with E-state index in [0.29, 0.717) is 0 Å². The molecule has 0 saturated heterocycles. The van der Waals surface area contributed by atoms with Crippen molar-refractivity contribution < 1.29 is 0 Å². The molecular weight excluding hydrogens is 204 g/mol. The molecule has 1 rings (SSSR count). The second-order valence-electron chi connectivity index (χ2n) is 2.68. The molecule has 0 radical (unpaired) electrons. The zero-order valence-electron chi connectivity index (χ0n) is 6.63. The molecule has 0 saturated carbocycles. The van der Waals surface area contributed by atoms with Crippen molar-refractivity contribution >= 4 is 15.9 Å². The van der Waals surface area contributed by atoms with Crippen LogP contribution in [0.15, 0.2) is 16.7 Å². The monoisotopic (exact) mass is 214 g/mol. The molecule has 0 bridgehead atoms. The maximum Gasteiger partial charge on any atom is 0.106 e. The molecule has 0 aromatic carbocycles. The van der Waals surface area contributed by atoms with Gasteiger partial charge in [-0.2, -0.15) is 0 Å². The summed E-state index contributed by atoms with van der Waals surface area (Å²) in [5.74, 6) is 0. The van der Waals surface area contributed by atoms with Gasteiger partial charge in [0.2, 0.25) is 0 Å². The molecule has 0 unspecified atom stereocenters. The molecule has 3 heteroatoms. The summed E-state index contributed by atoms with van der Waals surface area (Å²) in [7, 11) is 0. The van der Waals surface area contributed by atoms with Crippen LogP contribution in [-0.4, -0.2) is 4.98 Å². The van der Waals surface area contributed by atoms with Gasteiger partial charge in [0.1, 0.15) is 4.60 Å². The number of aryl methyl sites for hydroxylation is 1. The molecule has 0 amide bonds. The summed E-state index contributed by atoms with van der Waals surface area (Å²) in [5, 5.41) is 0. The zero-order valence-corrected chi connectivity index (χ0v) is 8.22. The zero-order chi connectivity index (χ0) is 8.43. The van der Waals surface area contributed by atoms with Crippen LogP contribution in [-0.2, 0) is 0 Å². The third-order valence-electron chi connectivity index (χ3n) is 1.42. The number of nitrogens with two attached hydrogens (primary N) is 1. The molecule has 2 N–H and O–H groups in total. The van der Waals surface area contributed by atoms with Crippen LogP contribution >= 0.6 is 15.9 Å². The Morgan fingerprint density at radius 2 is 2.18 bits per heavy atom. The van der Waals surface area contributed by atoms with E-state index in [9.17, 15) is 0 Å². The van der Waals surface area contributed by atoms with Gasteiger partial charge in [-0.25, -0.2) is 4.98 Å². The molecular formula is C8H11BrN2. The van der Waals surface area contributed by atoms with Gasteiger partial charge in [0, 0.05) is 6.04 Å². The normalized spacial score (nSPS) is 13.1. The molecule has 0 aliphatic rings. The largest absolute Gasteiger partial charge is 0.323 e. The van der Waals surface area contributed by atoms with Crippen LogP contribution in [0.3, 0.4) is 0 Å². The quantitative estimate of drug-likeness (QED) is 0.729. The molecule has 0 aliphatic heterocycles. The lowest BCUT2D eigenvalue weighted by Gasteiger charge is -2.05. The fourth-order valence-corrected chi connectivity index (χ4v) is 1.45. The Bertz CT molecular complexity index is 238. The minimum atomic E-state index is 0.00574. The van der Waals surface area contributed by atoms with Gasteiger partial charge in [-0.3, -0.25) is 0 Å². The topological polar surface area (TPSA) is 38.9 Å². The van der Waals surface area contributed by atoms with E-state index in [1.54, 1.807) is 0 Å². The lowest BCUT2D eigenvalue weighted by molar-refractivity contribution is 0.776. The van der Waals surface area contributed by atoms with Crippen molar-refractivity contribution in [2.45, 2.75) is 19.9 Å². The highest BCUT2D eigenvalue weighted by Gasteiger charge is 2.01. The molecule has 0 fully saturated rings. The smallest absolute Gasteiger partial charge is 0.106 e. The Morgan fingerprint density at radius 1 is 1.55 bits per heavy atom. The van der Waals surface area contributed by atoms with E-state index >= 15 is 0 Å². The number of aromatic nitrogens is 1. The highest BCUT2D eigenvalue weighted by atomic mass is 79.9. The summed E-state index contributed by atoms with van der Waals surface area (Å²) < 4.78 is 0.852. The molecule has 0 aliphatic carbocycles. The first-order chi connectivity index (χ1) is 5.09. The third kappa shape index (κ3) is 2.27. The first kappa shape index (κ1) is 8.68. The molecule has 1 aromatic heterocycles. The van der Waals surface area contributed by atoms with Crippen molar-refractivity contribution in [1.82, 2.24) is 4.98 Å². The van der Waals surface area contributed by atoms with Crippen LogP contribution in [0, 0.1) is 6.92 Å². The molecule has 1 aromatic rings. The van der Waals surface area contributed by atoms with E-state index in [0.717, 1.165) is 10.3 Å². The number of pyridine rings is 1. The summed E-state index contributed by atoms with van der Waals surface area (Å²) in [6, 6.07) is 3.97. The maximum absolute atomic E-state index is 5.67. The Labute approximate surface area is 75.0 Å². The van der Waals surface area contributed by atoms with Crippen LogP contribution < -0.4 is 5.73 Å². The highest BCUT2D eigenvalue weighted by molar-refractivity contribution is 9.10. The van der Waals surface area contributed by atoms with Crippen molar-refractivity contribution in [2.24, 2.45) is 5.73 Å². The Balaban J connectivity index is 3.08. The summed E-state index contributed by atoms with van der Waals surface area (Å²) in [5.41, 5.74) is 7.78. The van der Waals surface area contributed by atoms with Crippen LogP contribution in [0.2, 0.25) is 0 Å². The average molecular weight is 215 g/mol. The van der Waals surface area contributed by atoms with Gasteiger partial charge in [-0.15, -0.1) is 0 Å². The van der Waals surface area contributed by atoms with Crippen molar-refractivity contribution in [2.75, 3.05) is 0 Å². The fraction of sp³-hybridized carbons (Fsp3) is 0.375. The number of halogens is 1. The predicted octanol–water partition coefficient (Wildman–Crippen LogP) is 2.17. The number of hydrogen-bond donors (Lipinski definition) is 1. The fourth-order valence-electron chi connectivity index (χ4n) is 0.884. The molecule has 11 heavy (non-hydrogen) atoms. The summed E-state index contributed by atoms with van der Waals surface area (Å²) >= 11 is 3.31. The molecule has 60 valence electrons. The molecule has 0 spiro atoms. The Morgan fingerprint density at radius 3 is 2.64 bits per heavy atom. The van der Waals surface area contributed by atoms with Crippen molar-refractivity contribution in [1.29, 1.82) is 0 Å². The maximum atomic E-state index is 5.67. The van der Waals surface area contributed by atoms with Gasteiger partial charge in [0.15, 0.2) is 0 Å². The summed E-state index contributed by atoms with van der Waals surface area (Å²) in [4.78, 5) is 4.23. The first-order valence-electron chi connectivity index (χ1n) is 3.49. The minimum Gasteiger partial charge on any atom is -0.323 e. The van der Waals surface area contributed by atoms with Crippen LogP contribution in [0.25, 0.3) is 0 Å². The van der Waals surface area contributed by atoms with E-state index in [-0.39, 0.29) is 6.04 Å². The predicted molar refractivity (Wildman–Crippen MR) is 49.3 cm³/mol. The van der Waals surface area contributed by atoms with Crippen molar-refractivity contribution in [3.05, 3.63) is 28.0 Å². The lowest BCUT2D eigenvalue weighted by Crippen LogP contribution is -2.07. The van der Waals surface area contributed by atoms with Crippen LogP contribution in [0.5, 0.6) is 0 Å². The lowest BCUT2D eigenvalue weighted by atomic mass is 10.2. The SMILES string of the molecule is Cc1cc(Br)nc([C@@H](C)N)c1. The molecule has 1 atom stereocenters. The van der Waals surface area contributed by atoms with Gasteiger partial charge < -0.3 is 5.73 Å². The minimum absolute atomic E-state index is 0.00574. The first-order valence-corrected chi connectivity index (χ1v) is 4.28. The molecule has 1 heterocycles. The van der Waals surface area contributed by atoms with E-state index in [1.807, 2.05) is 26.0 Å². The summed E-state index contributed by atoms with van der Waals surface area (Å²) in [6.45, 7) is 3.95. The Kier molecular flexibility index (Phi) is 2.62. The third-order valence-corrected chi connectivity index (χ3v) is 1.83. The molecule has 2 nitrogen and oxygen atoms in total. The standard InChI is InChI=1S/C8H11BrN2/c1-5-3-7(6(2)10)11-8(9)4-5/h3-4,6H,10H2,1-2H3/t6-/m1/s1. The summed E-state index contributed by atoms with van der Waals surface area (Å²) in [6.07, 6.45) is 0. The number of rotatable bonds is 1. The number of hydrogen-bond acceptors (Lipinski definition) is 2. The van der Waals surface area contributed by atoms with Crippen molar-refractivity contribution in [3.63, 3.8) is 0 Å². The second-order valence-corrected chi connectivity index (χ2v) is 3.49. The van der Waals surface area contributed by atoms with E-state index in [1.165, 1.54) is 5.56 Å². The van der Waals surface area contributed by atoms with E-state index < -0.39 is 0 Å². The van der Waals surface area contributed by atoms with E-state index in [2.05, 4.69) is 20.9 Å². The van der Waals surface area contributed by atoms with Gasteiger partial charge in [0.25, 0.3) is 0 Å². The van der Waals surface area contributed by atoms with Crippen molar-refractivity contribution in [3.8, 4) is 0 Å². The van der Waals surface area contributed by atoms with Gasteiger partial charge in [0.05, 0.1) is 5.69 Å². The van der Waals surface area contributed by atoms with E-state index in [4.69, 9.17) is 5.73 Å². The van der Waals surface area contributed by atoms with Gasteiger partial charge in [-0.05, 0) is 47.5 Å². The average Bonchev–Trinajstić information content (AvgIpc) is 1.85. The van der Waals surface area contributed by atoms with Gasteiger partial charge in [-0.1, -0.05) is 0 Å². The van der Waals surface area contributed by atoms with Gasteiger partial charge >= 0.3 is 0 Å². The highest BCUT2D eigenvalue weighted by Crippen LogP contribution is 2.14. The van der Waals surface area contributed by atoms with Crippen LogP contribution in [0.4, 0.5) is 0 Å². The second kappa shape index (κ2) is 3.32.